The topological polar surface area (TPSA) is 84.1 Å². The zero-order valence-corrected chi connectivity index (χ0v) is 17.0. The molecule has 0 radical (unpaired) electrons. The Balaban J connectivity index is 1.65. The molecular formula is C21H19ClF3N5O. The maximum absolute atomic E-state index is 13.3. The van der Waals surface area contributed by atoms with Crippen molar-refractivity contribution in [1.29, 1.82) is 0 Å². The van der Waals surface area contributed by atoms with Crippen LogP contribution >= 0.6 is 11.6 Å². The van der Waals surface area contributed by atoms with Crippen LogP contribution < -0.4 is 11.1 Å². The number of fused-ring (bicyclic) bond motifs is 1. The Bertz CT molecular complexity index is 1130. The van der Waals surface area contributed by atoms with Crippen molar-refractivity contribution in [2.24, 2.45) is 5.73 Å². The van der Waals surface area contributed by atoms with Gasteiger partial charge >= 0.3 is 6.18 Å². The third-order valence-electron chi connectivity index (χ3n) is 5.41. The van der Waals surface area contributed by atoms with Gasteiger partial charge in [-0.1, -0.05) is 23.7 Å². The van der Waals surface area contributed by atoms with Gasteiger partial charge in [0.25, 0.3) is 5.91 Å². The van der Waals surface area contributed by atoms with Crippen LogP contribution in [-0.2, 0) is 6.18 Å². The number of primary amides is 1. The van der Waals surface area contributed by atoms with Crippen LogP contribution in [0.4, 0.5) is 19.0 Å². The molecule has 1 fully saturated rings. The molecule has 1 atom stereocenters. The lowest BCUT2D eigenvalue weighted by atomic mass is 9.99. The lowest BCUT2D eigenvalue weighted by Crippen LogP contribution is -2.43. The van der Waals surface area contributed by atoms with E-state index in [1.54, 1.807) is 24.3 Å². The molecule has 6 nitrogen and oxygen atoms in total. The maximum atomic E-state index is 13.3. The number of para-hydroxylation sites is 1. The number of halogens is 4. The molecule has 2 heterocycles. The van der Waals surface area contributed by atoms with Crippen LogP contribution in [0.2, 0.25) is 5.02 Å². The van der Waals surface area contributed by atoms with Crippen molar-refractivity contribution in [2.45, 2.75) is 18.6 Å². The predicted molar refractivity (Wildman–Crippen MR) is 112 cm³/mol. The normalized spacial score (nSPS) is 15.5. The molecule has 3 N–H and O–H groups in total. The predicted octanol–water partition coefficient (Wildman–Crippen LogP) is 4.26. The molecule has 0 saturated carbocycles. The van der Waals surface area contributed by atoms with Crippen LogP contribution in [0.3, 0.4) is 0 Å². The number of alkyl halides is 3. The van der Waals surface area contributed by atoms with Crippen molar-refractivity contribution in [1.82, 2.24) is 14.9 Å². The molecule has 162 valence electrons. The summed E-state index contributed by atoms with van der Waals surface area (Å²) in [5.74, 6) is -0.127. The monoisotopic (exact) mass is 449 g/mol. The van der Waals surface area contributed by atoms with Crippen molar-refractivity contribution in [3.05, 3.63) is 64.4 Å². The average molecular weight is 450 g/mol. The Morgan fingerprint density at radius 2 is 2.00 bits per heavy atom. The van der Waals surface area contributed by atoms with E-state index >= 15 is 0 Å². The fourth-order valence-corrected chi connectivity index (χ4v) is 3.92. The van der Waals surface area contributed by atoms with Crippen LogP contribution in [-0.4, -0.2) is 40.4 Å². The minimum atomic E-state index is -4.53. The SMILES string of the molecule is NC(=O)c1cccc2c(NC[C@H](c3ccc(Cl)c(C(F)(F)F)c3)N3CCC3)ncnc12. The molecule has 1 saturated heterocycles. The van der Waals surface area contributed by atoms with Crippen LogP contribution in [0.1, 0.15) is 33.9 Å². The highest BCUT2D eigenvalue weighted by molar-refractivity contribution is 6.31. The molecule has 1 aliphatic rings. The van der Waals surface area contributed by atoms with E-state index in [9.17, 15) is 18.0 Å². The van der Waals surface area contributed by atoms with Gasteiger partial charge in [-0.2, -0.15) is 13.2 Å². The van der Waals surface area contributed by atoms with E-state index in [-0.39, 0.29) is 16.6 Å². The number of likely N-dealkylation sites (tertiary alicyclic amines) is 1. The molecule has 0 bridgehead atoms. The number of nitrogens with two attached hydrogens (primary N) is 1. The number of aromatic nitrogens is 2. The third kappa shape index (κ3) is 4.28. The Labute approximate surface area is 181 Å². The van der Waals surface area contributed by atoms with Gasteiger partial charge in [-0.3, -0.25) is 9.69 Å². The van der Waals surface area contributed by atoms with Crippen LogP contribution in [0.15, 0.2) is 42.7 Å². The zero-order chi connectivity index (χ0) is 22.2. The summed E-state index contributed by atoms with van der Waals surface area (Å²) in [6.07, 6.45) is -2.23. The smallest absolute Gasteiger partial charge is 0.368 e. The molecule has 1 aromatic heterocycles. The summed E-state index contributed by atoms with van der Waals surface area (Å²) in [6.45, 7) is 1.88. The highest BCUT2D eigenvalue weighted by Crippen LogP contribution is 2.37. The molecule has 3 aromatic rings. The van der Waals surface area contributed by atoms with Gasteiger partial charge in [0.05, 0.1) is 27.7 Å². The Morgan fingerprint density at radius 1 is 1.23 bits per heavy atom. The van der Waals surface area contributed by atoms with Crippen LogP contribution in [0.25, 0.3) is 10.9 Å². The fraction of sp³-hybridized carbons (Fsp3) is 0.286. The molecule has 31 heavy (non-hydrogen) atoms. The summed E-state index contributed by atoms with van der Waals surface area (Å²) in [5.41, 5.74) is 5.78. The first-order valence-electron chi connectivity index (χ1n) is 9.64. The second-order valence-corrected chi connectivity index (χ2v) is 7.72. The molecule has 0 unspecified atom stereocenters. The van der Waals surface area contributed by atoms with Gasteiger partial charge in [0.15, 0.2) is 0 Å². The molecule has 2 aromatic carbocycles. The summed E-state index contributed by atoms with van der Waals surface area (Å²) in [6, 6.07) is 8.71. The van der Waals surface area contributed by atoms with Gasteiger partial charge in [-0.25, -0.2) is 9.97 Å². The van der Waals surface area contributed by atoms with E-state index in [0.717, 1.165) is 25.6 Å². The first kappa shape index (κ1) is 21.3. The second kappa shape index (κ2) is 8.32. The number of carbonyl (C=O) groups is 1. The van der Waals surface area contributed by atoms with E-state index in [1.165, 1.54) is 12.4 Å². The fourth-order valence-electron chi connectivity index (χ4n) is 3.70. The molecule has 10 heteroatoms. The number of hydrogen-bond donors (Lipinski definition) is 2. The van der Waals surface area contributed by atoms with Crippen molar-refractivity contribution >= 4 is 34.2 Å². The van der Waals surface area contributed by atoms with Crippen molar-refractivity contribution in [2.75, 3.05) is 25.0 Å². The summed E-state index contributed by atoms with van der Waals surface area (Å²) in [4.78, 5) is 22.2. The molecule has 4 rings (SSSR count). The minimum absolute atomic E-state index is 0.273. The Hall–Kier alpha value is -2.91. The first-order chi connectivity index (χ1) is 14.8. The Morgan fingerprint density at radius 3 is 2.65 bits per heavy atom. The number of rotatable bonds is 6. The summed E-state index contributed by atoms with van der Waals surface area (Å²) >= 11 is 5.79. The number of nitrogens with one attached hydrogen (secondary N) is 1. The summed E-state index contributed by atoms with van der Waals surface area (Å²) < 4.78 is 40.0. The minimum Gasteiger partial charge on any atom is -0.368 e. The zero-order valence-electron chi connectivity index (χ0n) is 16.3. The molecule has 1 amide bonds. The summed E-state index contributed by atoms with van der Waals surface area (Å²) in [5, 5.41) is 3.49. The standard InChI is InChI=1S/C21H19ClF3N5O/c22-16-6-5-12(9-15(16)21(23,24)25)17(30-7-2-8-30)10-27-20-14-4-1-3-13(19(26)31)18(14)28-11-29-20/h1,3-6,9,11,17H,2,7-8,10H2,(H2,26,31)(H,27,28,29)/t17-/m1/s1. The van der Waals surface area contributed by atoms with E-state index in [2.05, 4.69) is 20.2 Å². The van der Waals surface area contributed by atoms with E-state index in [1.807, 2.05) is 0 Å². The lowest BCUT2D eigenvalue weighted by Gasteiger charge is -2.39. The molecular weight excluding hydrogens is 431 g/mol. The lowest BCUT2D eigenvalue weighted by molar-refractivity contribution is -0.137. The van der Waals surface area contributed by atoms with E-state index in [0.29, 0.717) is 28.8 Å². The number of benzene rings is 2. The second-order valence-electron chi connectivity index (χ2n) is 7.31. The highest BCUT2D eigenvalue weighted by Gasteiger charge is 2.35. The molecule has 0 aliphatic carbocycles. The number of carbonyl (C=O) groups excluding carboxylic acids is 1. The number of nitrogens with zero attached hydrogens (tertiary/aromatic N) is 3. The summed E-state index contributed by atoms with van der Waals surface area (Å²) in [7, 11) is 0. The van der Waals surface area contributed by atoms with Crippen molar-refractivity contribution < 1.29 is 18.0 Å². The Kier molecular flexibility index (Phi) is 5.72. The number of amides is 1. The first-order valence-corrected chi connectivity index (χ1v) is 10.0. The van der Waals surface area contributed by atoms with Gasteiger partial charge in [0, 0.05) is 25.0 Å². The molecule has 1 aliphatic heterocycles. The van der Waals surface area contributed by atoms with Crippen LogP contribution in [0.5, 0.6) is 0 Å². The quantitative estimate of drug-likeness (QED) is 0.587. The van der Waals surface area contributed by atoms with Gasteiger partial charge in [0.1, 0.15) is 12.1 Å². The number of hydrogen-bond acceptors (Lipinski definition) is 5. The van der Waals surface area contributed by atoms with Gasteiger partial charge < -0.3 is 11.1 Å². The van der Waals surface area contributed by atoms with Gasteiger partial charge in [0.2, 0.25) is 0 Å². The van der Waals surface area contributed by atoms with Crippen LogP contribution in [0, 0.1) is 0 Å². The highest BCUT2D eigenvalue weighted by atomic mass is 35.5. The van der Waals surface area contributed by atoms with Gasteiger partial charge in [-0.15, -0.1) is 0 Å². The van der Waals surface area contributed by atoms with E-state index < -0.39 is 17.6 Å². The number of anilines is 1. The third-order valence-corrected chi connectivity index (χ3v) is 5.73. The molecule has 0 spiro atoms. The van der Waals surface area contributed by atoms with Gasteiger partial charge in [-0.05, 0) is 36.2 Å². The largest absolute Gasteiger partial charge is 0.417 e. The average Bonchev–Trinajstić information content (AvgIpc) is 2.68. The van der Waals surface area contributed by atoms with Crippen molar-refractivity contribution in [3.63, 3.8) is 0 Å². The van der Waals surface area contributed by atoms with Crippen molar-refractivity contribution in [3.8, 4) is 0 Å². The van der Waals surface area contributed by atoms with E-state index in [4.69, 9.17) is 17.3 Å². The maximum Gasteiger partial charge on any atom is 0.417 e.